The molecule has 1 aromatic heterocycles. The third kappa shape index (κ3) is 4.19. The molecular formula is C12H19Cl2N3O. The van der Waals surface area contributed by atoms with Crippen LogP contribution < -0.4 is 10.6 Å². The van der Waals surface area contributed by atoms with E-state index in [1.54, 1.807) is 13.1 Å². The molecule has 18 heavy (non-hydrogen) atoms. The van der Waals surface area contributed by atoms with Gasteiger partial charge in [0.1, 0.15) is 11.6 Å². The average Bonchev–Trinajstić information content (AvgIpc) is 2.28. The number of ether oxygens (including phenoxy) is 1. The van der Waals surface area contributed by atoms with E-state index in [9.17, 15) is 0 Å². The zero-order valence-corrected chi connectivity index (χ0v) is 12.6. The van der Waals surface area contributed by atoms with Gasteiger partial charge in [-0.15, -0.1) is 0 Å². The Balaban J connectivity index is 2.79. The molecule has 0 saturated heterocycles. The Morgan fingerprint density at radius 3 is 2.44 bits per heavy atom. The molecule has 0 saturated carbocycles. The van der Waals surface area contributed by atoms with Crippen molar-refractivity contribution in [2.24, 2.45) is 0 Å². The number of anilines is 2. The molecule has 2 N–H and O–H groups in total. The van der Waals surface area contributed by atoms with Crippen molar-refractivity contribution in [2.75, 3.05) is 30.8 Å². The van der Waals surface area contributed by atoms with Crippen molar-refractivity contribution < 1.29 is 4.74 Å². The minimum atomic E-state index is -0.279. The lowest BCUT2D eigenvalue weighted by atomic mass is 10.1. The highest BCUT2D eigenvalue weighted by Crippen LogP contribution is 2.29. The minimum absolute atomic E-state index is 0.279. The second-order valence-electron chi connectivity index (χ2n) is 4.45. The Labute approximate surface area is 118 Å². The maximum atomic E-state index is 6.09. The summed E-state index contributed by atoms with van der Waals surface area (Å²) in [6.07, 6.45) is 0. The van der Waals surface area contributed by atoms with Crippen LogP contribution in [-0.2, 0) is 4.74 Å². The van der Waals surface area contributed by atoms with E-state index in [4.69, 9.17) is 27.9 Å². The molecule has 0 atom stereocenters. The van der Waals surface area contributed by atoms with E-state index in [2.05, 4.69) is 15.6 Å². The molecule has 0 radical (unpaired) electrons. The van der Waals surface area contributed by atoms with Crippen molar-refractivity contribution in [3.63, 3.8) is 0 Å². The van der Waals surface area contributed by atoms with Gasteiger partial charge < -0.3 is 15.4 Å². The quantitative estimate of drug-likeness (QED) is 0.840. The molecular weight excluding hydrogens is 273 g/mol. The molecule has 6 heteroatoms. The Morgan fingerprint density at radius 1 is 1.28 bits per heavy atom. The summed E-state index contributed by atoms with van der Waals surface area (Å²) in [4.78, 5) is 4.31. The molecule has 0 spiro atoms. The fourth-order valence-electron chi connectivity index (χ4n) is 1.50. The van der Waals surface area contributed by atoms with Crippen LogP contribution in [0.4, 0.5) is 11.6 Å². The monoisotopic (exact) mass is 291 g/mol. The summed E-state index contributed by atoms with van der Waals surface area (Å²) in [7, 11) is 1.76. The number of hydrogen-bond acceptors (Lipinski definition) is 4. The standard InChI is InChI=1S/C12H19Cl2N3O/c1-5-18-12(2,3)7-16-11-9(14)6-8(13)10(15-4)17-11/h6H,5,7H2,1-4H3,(H2,15,16,17). The largest absolute Gasteiger partial charge is 0.374 e. The summed E-state index contributed by atoms with van der Waals surface area (Å²) in [5, 5.41) is 7.07. The number of aromatic nitrogens is 1. The van der Waals surface area contributed by atoms with E-state index in [1.807, 2.05) is 20.8 Å². The highest BCUT2D eigenvalue weighted by Gasteiger charge is 2.18. The van der Waals surface area contributed by atoms with Crippen LogP contribution in [0.25, 0.3) is 0 Å². The van der Waals surface area contributed by atoms with E-state index in [0.717, 1.165) is 0 Å². The molecule has 0 aliphatic carbocycles. The van der Waals surface area contributed by atoms with Gasteiger partial charge in [0.15, 0.2) is 0 Å². The summed E-state index contributed by atoms with van der Waals surface area (Å²) >= 11 is 12.1. The Kier molecular flexibility index (Phi) is 5.50. The molecule has 0 aromatic carbocycles. The number of halogens is 2. The number of hydrogen-bond donors (Lipinski definition) is 2. The Morgan fingerprint density at radius 2 is 1.89 bits per heavy atom. The van der Waals surface area contributed by atoms with Crippen LogP contribution in [0.2, 0.25) is 10.0 Å². The predicted molar refractivity (Wildman–Crippen MR) is 78.0 cm³/mol. The molecule has 4 nitrogen and oxygen atoms in total. The first-order valence-electron chi connectivity index (χ1n) is 5.81. The Bertz CT molecular complexity index is 411. The van der Waals surface area contributed by atoms with E-state index in [-0.39, 0.29) is 5.60 Å². The van der Waals surface area contributed by atoms with Crippen LogP contribution in [-0.4, -0.2) is 30.8 Å². The van der Waals surface area contributed by atoms with Crippen LogP contribution >= 0.6 is 23.2 Å². The molecule has 1 heterocycles. The molecule has 0 fully saturated rings. The molecule has 0 bridgehead atoms. The summed E-state index contributed by atoms with van der Waals surface area (Å²) in [6, 6.07) is 1.66. The van der Waals surface area contributed by atoms with Crippen LogP contribution in [0.15, 0.2) is 6.07 Å². The first-order valence-corrected chi connectivity index (χ1v) is 6.57. The third-order valence-electron chi connectivity index (χ3n) is 2.38. The van der Waals surface area contributed by atoms with Gasteiger partial charge in [0, 0.05) is 20.2 Å². The highest BCUT2D eigenvalue weighted by molar-refractivity contribution is 6.37. The lowest BCUT2D eigenvalue weighted by molar-refractivity contribution is 0.000647. The summed E-state index contributed by atoms with van der Waals surface area (Å²) in [6.45, 7) is 7.25. The van der Waals surface area contributed by atoms with Crippen molar-refractivity contribution in [2.45, 2.75) is 26.4 Å². The van der Waals surface area contributed by atoms with Crippen LogP contribution in [0.1, 0.15) is 20.8 Å². The van der Waals surface area contributed by atoms with Gasteiger partial charge >= 0.3 is 0 Å². The second-order valence-corrected chi connectivity index (χ2v) is 5.26. The summed E-state index contributed by atoms with van der Waals surface area (Å²) in [5.41, 5.74) is -0.279. The normalized spacial score (nSPS) is 11.4. The molecule has 1 rings (SSSR count). The fraction of sp³-hybridized carbons (Fsp3) is 0.583. The lowest BCUT2D eigenvalue weighted by Crippen LogP contribution is -2.33. The smallest absolute Gasteiger partial charge is 0.147 e. The first-order chi connectivity index (χ1) is 8.39. The molecule has 1 aromatic rings. The van der Waals surface area contributed by atoms with Crippen molar-refractivity contribution in [1.29, 1.82) is 0 Å². The molecule has 0 aliphatic heterocycles. The molecule has 0 amide bonds. The van der Waals surface area contributed by atoms with Gasteiger partial charge in [-0.2, -0.15) is 0 Å². The summed E-state index contributed by atoms with van der Waals surface area (Å²) in [5.74, 6) is 1.19. The first kappa shape index (κ1) is 15.3. The van der Waals surface area contributed by atoms with Gasteiger partial charge in [0.05, 0.1) is 15.6 Å². The molecule has 102 valence electrons. The van der Waals surface area contributed by atoms with Crippen LogP contribution in [0.3, 0.4) is 0 Å². The second kappa shape index (κ2) is 6.45. The van der Waals surface area contributed by atoms with Gasteiger partial charge in [-0.1, -0.05) is 23.2 Å². The van der Waals surface area contributed by atoms with Gasteiger partial charge in [-0.25, -0.2) is 4.98 Å². The SMILES string of the molecule is CCOC(C)(C)CNc1nc(NC)c(Cl)cc1Cl. The fourth-order valence-corrected chi connectivity index (χ4v) is 2.02. The number of nitrogens with zero attached hydrogens (tertiary/aromatic N) is 1. The van der Waals surface area contributed by atoms with Gasteiger partial charge in [0.25, 0.3) is 0 Å². The highest BCUT2D eigenvalue weighted by atomic mass is 35.5. The van der Waals surface area contributed by atoms with Crippen molar-refractivity contribution in [1.82, 2.24) is 4.98 Å². The number of pyridine rings is 1. The topological polar surface area (TPSA) is 46.2 Å². The third-order valence-corrected chi connectivity index (χ3v) is 2.96. The maximum absolute atomic E-state index is 6.09. The van der Waals surface area contributed by atoms with Crippen LogP contribution in [0, 0.1) is 0 Å². The molecule has 0 unspecified atom stereocenters. The van der Waals surface area contributed by atoms with Crippen molar-refractivity contribution in [3.05, 3.63) is 16.1 Å². The van der Waals surface area contributed by atoms with Gasteiger partial charge in [-0.05, 0) is 26.8 Å². The minimum Gasteiger partial charge on any atom is -0.374 e. The van der Waals surface area contributed by atoms with Gasteiger partial charge in [-0.3, -0.25) is 0 Å². The average molecular weight is 292 g/mol. The van der Waals surface area contributed by atoms with Crippen LogP contribution in [0.5, 0.6) is 0 Å². The van der Waals surface area contributed by atoms with Gasteiger partial charge in [0.2, 0.25) is 0 Å². The maximum Gasteiger partial charge on any atom is 0.147 e. The van der Waals surface area contributed by atoms with Crippen molar-refractivity contribution >= 4 is 34.8 Å². The lowest BCUT2D eigenvalue weighted by Gasteiger charge is -2.25. The Hall–Kier alpha value is -0.710. The molecule has 0 aliphatic rings. The van der Waals surface area contributed by atoms with Crippen molar-refractivity contribution in [3.8, 4) is 0 Å². The number of rotatable bonds is 6. The van der Waals surface area contributed by atoms with E-state index in [1.165, 1.54) is 0 Å². The number of nitrogens with one attached hydrogen (secondary N) is 2. The zero-order valence-electron chi connectivity index (χ0n) is 11.1. The predicted octanol–water partition coefficient (Wildman–Crippen LogP) is 3.66. The summed E-state index contributed by atoms with van der Waals surface area (Å²) < 4.78 is 5.60. The van der Waals surface area contributed by atoms with E-state index < -0.39 is 0 Å². The zero-order chi connectivity index (χ0) is 13.8. The van der Waals surface area contributed by atoms with E-state index in [0.29, 0.717) is 34.8 Å². The van der Waals surface area contributed by atoms with E-state index >= 15 is 0 Å².